The van der Waals surface area contributed by atoms with Gasteiger partial charge in [0.15, 0.2) is 0 Å². The van der Waals surface area contributed by atoms with Crippen LogP contribution in [0.2, 0.25) is 0 Å². The molecular weight excluding hydrogens is 532 g/mol. The number of methoxy groups -OCH3 is 1. The standard InChI is InChI=1S/C37H38N4O2/c1-27(2)43-32-19-20-34(33(26-32)36(38)28-21-22-39-35(25-28)40-23-24-42-3)41-37(29-13-7-4-8-14-29,30-15-9-5-10-16-30)31-17-11-6-12-18-31/h4-22,25-27,38,41H,23-24H2,1-3H3,(H,39,40). The fourth-order valence-corrected chi connectivity index (χ4v) is 5.29. The van der Waals surface area contributed by atoms with Crippen molar-refractivity contribution in [2.45, 2.75) is 25.5 Å². The summed E-state index contributed by atoms with van der Waals surface area (Å²) >= 11 is 0. The van der Waals surface area contributed by atoms with Gasteiger partial charge in [0.25, 0.3) is 0 Å². The van der Waals surface area contributed by atoms with Crippen LogP contribution >= 0.6 is 0 Å². The van der Waals surface area contributed by atoms with E-state index in [0.29, 0.717) is 30.4 Å². The molecule has 6 heteroatoms. The molecule has 0 spiro atoms. The quantitative estimate of drug-likeness (QED) is 0.0766. The topological polar surface area (TPSA) is 79.3 Å². The average Bonchev–Trinajstić information content (AvgIpc) is 3.05. The number of nitrogens with zero attached hydrogens (tertiary/aromatic N) is 1. The summed E-state index contributed by atoms with van der Waals surface area (Å²) in [7, 11) is 1.67. The van der Waals surface area contributed by atoms with Crippen molar-refractivity contribution in [1.29, 1.82) is 5.41 Å². The van der Waals surface area contributed by atoms with Crippen molar-refractivity contribution in [2.24, 2.45) is 0 Å². The Hall–Kier alpha value is -4.94. The maximum absolute atomic E-state index is 9.45. The van der Waals surface area contributed by atoms with Gasteiger partial charge in [-0.2, -0.15) is 0 Å². The molecule has 0 amide bonds. The van der Waals surface area contributed by atoms with E-state index in [2.05, 4.69) is 88.4 Å². The molecule has 0 fully saturated rings. The van der Waals surface area contributed by atoms with Crippen LogP contribution in [0.15, 0.2) is 128 Å². The SMILES string of the molecule is COCCNc1cc(C(=N)c2cc(OC(C)C)ccc2NC(c2ccccc2)(c2ccccc2)c2ccccc2)ccn1. The fourth-order valence-electron chi connectivity index (χ4n) is 5.29. The molecule has 0 atom stereocenters. The van der Waals surface area contributed by atoms with Crippen LogP contribution < -0.4 is 15.4 Å². The minimum absolute atomic E-state index is 0.00426. The zero-order valence-electron chi connectivity index (χ0n) is 24.9. The Morgan fingerprint density at radius 1 is 0.791 bits per heavy atom. The van der Waals surface area contributed by atoms with Crippen LogP contribution in [-0.2, 0) is 10.3 Å². The predicted octanol–water partition coefficient (Wildman–Crippen LogP) is 7.75. The predicted molar refractivity (Wildman–Crippen MR) is 176 cm³/mol. The van der Waals surface area contributed by atoms with Gasteiger partial charge in [0, 0.05) is 36.7 Å². The summed E-state index contributed by atoms with van der Waals surface area (Å²) in [4.78, 5) is 4.44. The molecule has 0 saturated carbocycles. The van der Waals surface area contributed by atoms with Crippen molar-refractivity contribution in [3.05, 3.63) is 155 Å². The molecule has 3 N–H and O–H groups in total. The van der Waals surface area contributed by atoms with E-state index in [9.17, 15) is 5.41 Å². The molecule has 6 nitrogen and oxygen atoms in total. The second-order valence-corrected chi connectivity index (χ2v) is 10.6. The third-order valence-electron chi connectivity index (χ3n) is 7.24. The lowest BCUT2D eigenvalue weighted by atomic mass is 9.76. The molecular formula is C37H38N4O2. The van der Waals surface area contributed by atoms with Crippen molar-refractivity contribution in [3.63, 3.8) is 0 Å². The lowest BCUT2D eigenvalue weighted by molar-refractivity contribution is 0.210. The summed E-state index contributed by atoms with van der Waals surface area (Å²) in [6.07, 6.45) is 1.72. The van der Waals surface area contributed by atoms with E-state index in [1.807, 2.05) is 62.4 Å². The molecule has 1 heterocycles. The Labute approximate surface area is 254 Å². The van der Waals surface area contributed by atoms with Gasteiger partial charge in [0.05, 0.1) is 18.4 Å². The number of hydrogen-bond acceptors (Lipinski definition) is 6. The van der Waals surface area contributed by atoms with Gasteiger partial charge in [0.1, 0.15) is 17.1 Å². The lowest BCUT2D eigenvalue weighted by Crippen LogP contribution is -2.38. The monoisotopic (exact) mass is 570 g/mol. The number of ether oxygens (including phenoxy) is 2. The van der Waals surface area contributed by atoms with Crippen molar-refractivity contribution in [2.75, 3.05) is 30.9 Å². The molecule has 0 unspecified atom stereocenters. The number of aromatic nitrogens is 1. The number of anilines is 2. The zero-order chi connectivity index (χ0) is 30.1. The summed E-state index contributed by atoms with van der Waals surface area (Å²) in [6, 6.07) is 41.1. The highest BCUT2D eigenvalue weighted by Crippen LogP contribution is 2.41. The first-order valence-corrected chi connectivity index (χ1v) is 14.5. The molecule has 0 aliphatic carbocycles. The van der Waals surface area contributed by atoms with E-state index in [0.717, 1.165) is 33.5 Å². The van der Waals surface area contributed by atoms with Gasteiger partial charge in [-0.15, -0.1) is 0 Å². The van der Waals surface area contributed by atoms with Crippen LogP contribution in [0.25, 0.3) is 0 Å². The third kappa shape index (κ3) is 6.76. The molecule has 43 heavy (non-hydrogen) atoms. The van der Waals surface area contributed by atoms with E-state index in [4.69, 9.17) is 9.47 Å². The van der Waals surface area contributed by atoms with Gasteiger partial charge in [-0.3, -0.25) is 5.41 Å². The second-order valence-electron chi connectivity index (χ2n) is 10.6. The first kappa shape index (κ1) is 29.5. The number of nitrogens with one attached hydrogen (secondary N) is 3. The summed E-state index contributed by atoms with van der Waals surface area (Å²) < 4.78 is 11.3. The van der Waals surface area contributed by atoms with E-state index in [1.165, 1.54) is 0 Å². The van der Waals surface area contributed by atoms with Crippen molar-refractivity contribution >= 4 is 17.2 Å². The normalized spacial score (nSPS) is 11.3. The maximum atomic E-state index is 9.45. The van der Waals surface area contributed by atoms with E-state index in [1.54, 1.807) is 13.3 Å². The fraction of sp³-hybridized carbons (Fsp3) is 0.189. The number of rotatable bonds is 13. The van der Waals surface area contributed by atoms with Crippen molar-refractivity contribution in [3.8, 4) is 5.75 Å². The highest BCUT2D eigenvalue weighted by Gasteiger charge is 2.37. The van der Waals surface area contributed by atoms with Gasteiger partial charge < -0.3 is 20.1 Å². The first-order valence-electron chi connectivity index (χ1n) is 14.5. The highest BCUT2D eigenvalue weighted by molar-refractivity contribution is 6.14. The summed E-state index contributed by atoms with van der Waals surface area (Å²) in [5.74, 6) is 1.40. The smallest absolute Gasteiger partial charge is 0.126 e. The largest absolute Gasteiger partial charge is 0.491 e. The molecule has 5 rings (SSSR count). The third-order valence-corrected chi connectivity index (χ3v) is 7.24. The van der Waals surface area contributed by atoms with Crippen LogP contribution in [0.4, 0.5) is 11.5 Å². The molecule has 4 aromatic carbocycles. The number of pyridine rings is 1. The molecule has 0 aliphatic heterocycles. The van der Waals surface area contributed by atoms with Crippen LogP contribution in [-0.4, -0.2) is 37.1 Å². The molecule has 1 aromatic heterocycles. The molecule has 0 radical (unpaired) electrons. The van der Waals surface area contributed by atoms with Gasteiger partial charge in [-0.1, -0.05) is 91.0 Å². The second kappa shape index (κ2) is 13.8. The van der Waals surface area contributed by atoms with Gasteiger partial charge >= 0.3 is 0 Å². The van der Waals surface area contributed by atoms with E-state index in [-0.39, 0.29) is 6.10 Å². The minimum Gasteiger partial charge on any atom is -0.491 e. The summed E-state index contributed by atoms with van der Waals surface area (Å²) in [5.41, 5.74) is 5.14. The van der Waals surface area contributed by atoms with E-state index >= 15 is 0 Å². The minimum atomic E-state index is -0.746. The van der Waals surface area contributed by atoms with Crippen LogP contribution in [0.3, 0.4) is 0 Å². The van der Waals surface area contributed by atoms with Crippen LogP contribution in [0, 0.1) is 5.41 Å². The van der Waals surface area contributed by atoms with Gasteiger partial charge in [0.2, 0.25) is 0 Å². The highest BCUT2D eigenvalue weighted by atomic mass is 16.5. The number of hydrogen-bond donors (Lipinski definition) is 3. The Morgan fingerprint density at radius 2 is 1.37 bits per heavy atom. The molecule has 0 saturated heterocycles. The maximum Gasteiger partial charge on any atom is 0.126 e. The Kier molecular flexibility index (Phi) is 9.49. The number of benzene rings is 4. The van der Waals surface area contributed by atoms with Crippen molar-refractivity contribution in [1.82, 2.24) is 4.98 Å². The Morgan fingerprint density at radius 3 is 1.91 bits per heavy atom. The van der Waals surface area contributed by atoms with Crippen LogP contribution in [0.1, 0.15) is 41.7 Å². The molecule has 0 aliphatic rings. The van der Waals surface area contributed by atoms with E-state index < -0.39 is 5.54 Å². The molecule has 5 aromatic rings. The molecule has 218 valence electrons. The van der Waals surface area contributed by atoms with Crippen LogP contribution in [0.5, 0.6) is 5.75 Å². The Balaban J connectivity index is 1.68. The summed E-state index contributed by atoms with van der Waals surface area (Å²) in [5, 5.41) is 16.7. The van der Waals surface area contributed by atoms with Crippen molar-refractivity contribution < 1.29 is 9.47 Å². The summed E-state index contributed by atoms with van der Waals surface area (Å²) in [6.45, 7) is 5.19. The lowest BCUT2D eigenvalue weighted by Gasteiger charge is -2.38. The van der Waals surface area contributed by atoms with Gasteiger partial charge in [-0.25, -0.2) is 4.98 Å². The first-order chi connectivity index (χ1) is 21.0. The average molecular weight is 571 g/mol. The van der Waals surface area contributed by atoms with Gasteiger partial charge in [-0.05, 0) is 60.9 Å². The Bertz CT molecular complexity index is 1530. The zero-order valence-corrected chi connectivity index (χ0v) is 24.9. The molecule has 0 bridgehead atoms.